The lowest BCUT2D eigenvalue weighted by molar-refractivity contribution is 0.866. The quantitative estimate of drug-likeness (QED) is 0.503. The first kappa shape index (κ1) is 16.7. The lowest BCUT2D eigenvalue weighted by Gasteiger charge is -2.09. The van der Waals surface area contributed by atoms with Gasteiger partial charge in [0.15, 0.2) is 0 Å². The summed E-state index contributed by atoms with van der Waals surface area (Å²) < 4.78 is 1.96. The molecule has 1 aromatic carbocycles. The fourth-order valence-electron chi connectivity index (χ4n) is 2.82. The summed E-state index contributed by atoms with van der Waals surface area (Å²) in [7, 11) is 0. The fraction of sp³-hybridized carbons (Fsp3) is 0.200. The topological polar surface area (TPSA) is 56.5 Å². The van der Waals surface area contributed by atoms with Crippen LogP contribution in [0.5, 0.6) is 0 Å². The lowest BCUT2D eigenvalue weighted by Crippen LogP contribution is -2.01. The van der Waals surface area contributed by atoms with Crippen LogP contribution in [0.2, 0.25) is 0 Å². The van der Waals surface area contributed by atoms with Crippen molar-refractivity contribution in [1.82, 2.24) is 25.0 Å². The van der Waals surface area contributed by atoms with E-state index in [1.54, 1.807) is 11.8 Å². The molecule has 130 valence electrons. The lowest BCUT2D eigenvalue weighted by atomic mass is 10.1. The van der Waals surface area contributed by atoms with Gasteiger partial charge < -0.3 is 0 Å². The first-order chi connectivity index (χ1) is 12.6. The monoisotopic (exact) mass is 361 g/mol. The first-order valence-electron chi connectivity index (χ1n) is 8.45. The van der Waals surface area contributed by atoms with Gasteiger partial charge in [-0.1, -0.05) is 23.9 Å². The highest BCUT2D eigenvalue weighted by Crippen LogP contribution is 2.30. The van der Waals surface area contributed by atoms with E-state index in [9.17, 15) is 0 Å². The SMILES string of the molecule is Cc1ccc(-n2ncc3c(C)nnc(SCc4ccccn4)c32)cc1C. The number of fused-ring (bicyclic) bond motifs is 1. The molecule has 0 spiro atoms. The van der Waals surface area contributed by atoms with Crippen molar-refractivity contribution in [3.8, 4) is 5.69 Å². The third-order valence-electron chi connectivity index (χ3n) is 4.47. The van der Waals surface area contributed by atoms with Gasteiger partial charge in [-0.3, -0.25) is 4.98 Å². The molecule has 0 atom stereocenters. The molecule has 3 heterocycles. The maximum atomic E-state index is 4.62. The van der Waals surface area contributed by atoms with Crippen LogP contribution in [-0.4, -0.2) is 25.0 Å². The van der Waals surface area contributed by atoms with Crippen LogP contribution in [-0.2, 0) is 5.75 Å². The van der Waals surface area contributed by atoms with Crippen LogP contribution < -0.4 is 0 Å². The molecule has 3 aromatic heterocycles. The molecular weight excluding hydrogens is 342 g/mol. The molecule has 4 rings (SSSR count). The molecule has 0 aliphatic carbocycles. The molecule has 0 fully saturated rings. The van der Waals surface area contributed by atoms with Crippen molar-refractivity contribution >= 4 is 22.7 Å². The average molecular weight is 361 g/mol. The van der Waals surface area contributed by atoms with Gasteiger partial charge in [-0.25, -0.2) is 4.68 Å². The molecule has 0 N–H and O–H groups in total. The van der Waals surface area contributed by atoms with E-state index in [1.165, 1.54) is 11.1 Å². The Morgan fingerprint density at radius 1 is 1.00 bits per heavy atom. The molecular formula is C20H19N5S. The number of pyridine rings is 1. The minimum absolute atomic E-state index is 0.742. The Labute approximate surface area is 156 Å². The minimum Gasteiger partial charge on any atom is -0.260 e. The molecule has 0 aliphatic rings. The predicted octanol–water partition coefficient (Wildman–Crippen LogP) is 4.43. The third kappa shape index (κ3) is 3.08. The minimum atomic E-state index is 0.742. The number of aromatic nitrogens is 5. The number of thioether (sulfide) groups is 1. The number of benzene rings is 1. The Bertz CT molecular complexity index is 1070. The van der Waals surface area contributed by atoms with E-state index < -0.39 is 0 Å². The number of hydrogen-bond acceptors (Lipinski definition) is 5. The van der Waals surface area contributed by atoms with E-state index in [0.29, 0.717) is 0 Å². The van der Waals surface area contributed by atoms with Gasteiger partial charge in [-0.05, 0) is 56.2 Å². The number of hydrogen-bond donors (Lipinski definition) is 0. The van der Waals surface area contributed by atoms with Crippen molar-refractivity contribution in [2.24, 2.45) is 0 Å². The van der Waals surface area contributed by atoms with Crippen molar-refractivity contribution in [1.29, 1.82) is 0 Å². The van der Waals surface area contributed by atoms with Gasteiger partial charge >= 0.3 is 0 Å². The molecule has 0 saturated carbocycles. The zero-order valence-electron chi connectivity index (χ0n) is 15.0. The third-order valence-corrected chi connectivity index (χ3v) is 5.46. The van der Waals surface area contributed by atoms with E-state index in [-0.39, 0.29) is 0 Å². The standard InChI is InChI=1S/C20H19N5S/c1-13-7-8-17(10-14(13)2)25-19-18(11-22-25)15(3)23-24-20(19)26-12-16-6-4-5-9-21-16/h4-11H,12H2,1-3H3. The van der Waals surface area contributed by atoms with Gasteiger partial charge in [0.05, 0.1) is 23.3 Å². The van der Waals surface area contributed by atoms with E-state index in [2.05, 4.69) is 52.3 Å². The summed E-state index contributed by atoms with van der Waals surface area (Å²) in [6.45, 7) is 6.20. The van der Waals surface area contributed by atoms with Gasteiger partial charge in [0.1, 0.15) is 10.5 Å². The summed E-state index contributed by atoms with van der Waals surface area (Å²) in [4.78, 5) is 4.39. The average Bonchev–Trinajstić information content (AvgIpc) is 3.11. The normalized spacial score (nSPS) is 11.2. The van der Waals surface area contributed by atoms with Crippen molar-refractivity contribution in [3.63, 3.8) is 0 Å². The van der Waals surface area contributed by atoms with E-state index in [4.69, 9.17) is 0 Å². The van der Waals surface area contributed by atoms with E-state index in [0.717, 1.165) is 38.8 Å². The van der Waals surface area contributed by atoms with Crippen molar-refractivity contribution in [3.05, 3.63) is 71.3 Å². The maximum Gasteiger partial charge on any atom is 0.146 e. The highest BCUT2D eigenvalue weighted by Gasteiger charge is 2.15. The van der Waals surface area contributed by atoms with Crippen LogP contribution >= 0.6 is 11.8 Å². The van der Waals surface area contributed by atoms with Crippen molar-refractivity contribution < 1.29 is 0 Å². The Morgan fingerprint density at radius 2 is 1.88 bits per heavy atom. The number of nitrogens with zero attached hydrogens (tertiary/aromatic N) is 5. The summed E-state index contributed by atoms with van der Waals surface area (Å²) in [6.07, 6.45) is 3.69. The zero-order valence-corrected chi connectivity index (χ0v) is 15.8. The number of aryl methyl sites for hydroxylation is 3. The summed E-state index contributed by atoms with van der Waals surface area (Å²) in [5.74, 6) is 0.742. The molecule has 6 heteroatoms. The van der Waals surface area contributed by atoms with Crippen molar-refractivity contribution in [2.75, 3.05) is 0 Å². The van der Waals surface area contributed by atoms with Gasteiger partial charge in [0.2, 0.25) is 0 Å². The van der Waals surface area contributed by atoms with E-state index in [1.807, 2.05) is 42.2 Å². The molecule has 26 heavy (non-hydrogen) atoms. The molecule has 0 saturated heterocycles. The maximum absolute atomic E-state index is 4.62. The Hall–Kier alpha value is -2.73. The summed E-state index contributed by atoms with van der Waals surface area (Å²) >= 11 is 1.64. The zero-order chi connectivity index (χ0) is 18.1. The van der Waals surface area contributed by atoms with Crippen LogP contribution in [0.15, 0.2) is 53.8 Å². The second-order valence-corrected chi connectivity index (χ2v) is 7.25. The van der Waals surface area contributed by atoms with Gasteiger partial charge in [-0.15, -0.1) is 5.10 Å². The molecule has 0 unspecified atom stereocenters. The smallest absolute Gasteiger partial charge is 0.146 e. The van der Waals surface area contributed by atoms with Crippen molar-refractivity contribution in [2.45, 2.75) is 31.6 Å². The molecule has 5 nitrogen and oxygen atoms in total. The van der Waals surface area contributed by atoms with Gasteiger partial charge in [-0.2, -0.15) is 10.2 Å². The van der Waals surface area contributed by atoms with Crippen LogP contribution in [0, 0.1) is 20.8 Å². The number of rotatable bonds is 4. The second kappa shape index (κ2) is 6.88. The molecule has 0 amide bonds. The Balaban J connectivity index is 1.79. The Morgan fingerprint density at radius 3 is 2.65 bits per heavy atom. The summed E-state index contributed by atoms with van der Waals surface area (Å²) in [6, 6.07) is 12.3. The summed E-state index contributed by atoms with van der Waals surface area (Å²) in [5, 5.41) is 15.3. The molecule has 0 aliphatic heterocycles. The van der Waals surface area contributed by atoms with Gasteiger partial charge in [0.25, 0.3) is 0 Å². The van der Waals surface area contributed by atoms with Crippen LogP contribution in [0.4, 0.5) is 0 Å². The van der Waals surface area contributed by atoms with E-state index >= 15 is 0 Å². The second-order valence-electron chi connectivity index (χ2n) is 6.29. The van der Waals surface area contributed by atoms with Gasteiger partial charge in [0, 0.05) is 17.3 Å². The first-order valence-corrected chi connectivity index (χ1v) is 9.43. The highest BCUT2D eigenvalue weighted by molar-refractivity contribution is 7.98. The largest absolute Gasteiger partial charge is 0.260 e. The highest BCUT2D eigenvalue weighted by atomic mass is 32.2. The summed E-state index contributed by atoms with van der Waals surface area (Å²) in [5.41, 5.74) is 6.46. The Kier molecular flexibility index (Phi) is 4.42. The van der Waals surface area contributed by atoms with Crippen LogP contribution in [0.1, 0.15) is 22.5 Å². The molecule has 4 aromatic rings. The fourth-order valence-corrected chi connectivity index (χ4v) is 3.70. The molecule has 0 bridgehead atoms. The molecule has 0 radical (unpaired) electrons. The predicted molar refractivity (Wildman–Crippen MR) is 105 cm³/mol. The van der Waals surface area contributed by atoms with Crippen LogP contribution in [0.25, 0.3) is 16.6 Å². The van der Waals surface area contributed by atoms with Crippen LogP contribution in [0.3, 0.4) is 0 Å².